The molecule has 2 atom stereocenters. The third kappa shape index (κ3) is 1.60. The van der Waals surface area contributed by atoms with E-state index in [0.29, 0.717) is 10.7 Å². The van der Waals surface area contributed by atoms with E-state index < -0.39 is 0 Å². The number of aliphatic hydroxyl groups is 1. The minimum Gasteiger partial charge on any atom is -0.392 e. The van der Waals surface area contributed by atoms with Gasteiger partial charge in [0.25, 0.3) is 0 Å². The van der Waals surface area contributed by atoms with Gasteiger partial charge in [0.2, 0.25) is 0 Å². The molecule has 1 aliphatic carbocycles. The molecule has 0 radical (unpaired) electrons. The van der Waals surface area contributed by atoms with Crippen LogP contribution in [0.2, 0.25) is 5.15 Å². The summed E-state index contributed by atoms with van der Waals surface area (Å²) in [5.41, 5.74) is 0.699. The summed E-state index contributed by atoms with van der Waals surface area (Å²) in [4.78, 5) is 6.60. The van der Waals surface area contributed by atoms with Crippen molar-refractivity contribution in [3.8, 4) is 0 Å². The molecule has 0 bridgehead atoms. The first kappa shape index (κ1) is 9.43. The van der Waals surface area contributed by atoms with Gasteiger partial charge < -0.3 is 10.0 Å². The number of nitrogens with zero attached hydrogens (tertiary/aromatic N) is 2. The highest BCUT2D eigenvalue weighted by atomic mass is 35.5. The van der Waals surface area contributed by atoms with Crippen LogP contribution in [-0.2, 0) is 6.61 Å². The predicted octanol–water partition coefficient (Wildman–Crippen LogP) is 1.68. The smallest absolute Gasteiger partial charge is 0.136 e. The maximum atomic E-state index is 8.99. The number of aliphatic hydroxyl groups excluding tert-OH is 1. The Kier molecular flexibility index (Phi) is 2.11. The van der Waals surface area contributed by atoms with Crippen molar-refractivity contribution in [2.45, 2.75) is 13.0 Å². The number of halogens is 1. The monoisotopic (exact) mass is 224 g/mol. The Morgan fingerprint density at radius 2 is 2.13 bits per heavy atom. The SMILES string of the molecule is OCc1ccc(N2CC3CC3C2)nc1Cl. The quantitative estimate of drug-likeness (QED) is 0.777. The molecule has 2 unspecified atom stereocenters. The molecule has 1 aromatic heterocycles. The van der Waals surface area contributed by atoms with Crippen LogP contribution in [0.3, 0.4) is 0 Å². The zero-order chi connectivity index (χ0) is 10.4. The van der Waals surface area contributed by atoms with Crippen molar-refractivity contribution in [1.29, 1.82) is 0 Å². The Morgan fingerprint density at radius 1 is 1.40 bits per heavy atom. The molecule has 1 N–H and O–H groups in total. The van der Waals surface area contributed by atoms with E-state index in [9.17, 15) is 0 Å². The fourth-order valence-electron chi connectivity index (χ4n) is 2.33. The van der Waals surface area contributed by atoms with Crippen LogP contribution >= 0.6 is 11.6 Å². The topological polar surface area (TPSA) is 36.4 Å². The third-order valence-electron chi connectivity index (χ3n) is 3.38. The van der Waals surface area contributed by atoms with Gasteiger partial charge in [0, 0.05) is 18.7 Å². The van der Waals surface area contributed by atoms with Gasteiger partial charge in [0.05, 0.1) is 6.61 Å². The number of piperidine rings is 1. The van der Waals surface area contributed by atoms with Crippen LogP contribution in [0, 0.1) is 11.8 Å². The van der Waals surface area contributed by atoms with Crippen molar-refractivity contribution in [1.82, 2.24) is 4.98 Å². The van der Waals surface area contributed by atoms with Crippen LogP contribution in [0.25, 0.3) is 0 Å². The zero-order valence-corrected chi connectivity index (χ0v) is 9.11. The first-order chi connectivity index (χ1) is 7.28. The van der Waals surface area contributed by atoms with Gasteiger partial charge in [-0.05, 0) is 30.4 Å². The van der Waals surface area contributed by atoms with E-state index in [4.69, 9.17) is 16.7 Å². The normalized spacial score (nSPS) is 28.0. The summed E-state index contributed by atoms with van der Waals surface area (Å²) in [5, 5.41) is 9.41. The highest BCUT2D eigenvalue weighted by Crippen LogP contribution is 2.46. The Balaban J connectivity index is 1.83. The number of hydrogen-bond donors (Lipinski definition) is 1. The lowest BCUT2D eigenvalue weighted by Crippen LogP contribution is -2.22. The first-order valence-electron chi connectivity index (χ1n) is 5.29. The van der Waals surface area contributed by atoms with E-state index in [1.807, 2.05) is 12.1 Å². The van der Waals surface area contributed by atoms with Gasteiger partial charge in [0.15, 0.2) is 0 Å². The maximum absolute atomic E-state index is 8.99. The van der Waals surface area contributed by atoms with E-state index in [-0.39, 0.29) is 6.61 Å². The van der Waals surface area contributed by atoms with Crippen molar-refractivity contribution in [3.05, 3.63) is 22.8 Å². The van der Waals surface area contributed by atoms with Crippen LogP contribution < -0.4 is 4.90 Å². The molecule has 1 aliphatic heterocycles. The van der Waals surface area contributed by atoms with Gasteiger partial charge in [-0.2, -0.15) is 0 Å². The molecular weight excluding hydrogens is 212 g/mol. The number of fused-ring (bicyclic) bond motifs is 1. The lowest BCUT2D eigenvalue weighted by atomic mass is 10.3. The molecule has 2 aliphatic rings. The predicted molar refractivity (Wildman–Crippen MR) is 59.0 cm³/mol. The van der Waals surface area contributed by atoms with Crippen molar-refractivity contribution < 1.29 is 5.11 Å². The second-order valence-electron chi connectivity index (χ2n) is 4.44. The zero-order valence-electron chi connectivity index (χ0n) is 8.36. The van der Waals surface area contributed by atoms with E-state index in [0.717, 1.165) is 30.7 Å². The molecule has 0 amide bonds. The molecule has 80 valence electrons. The Morgan fingerprint density at radius 3 is 2.73 bits per heavy atom. The van der Waals surface area contributed by atoms with Crippen molar-refractivity contribution >= 4 is 17.4 Å². The fourth-order valence-corrected chi connectivity index (χ4v) is 2.54. The van der Waals surface area contributed by atoms with Gasteiger partial charge in [0.1, 0.15) is 11.0 Å². The van der Waals surface area contributed by atoms with Gasteiger partial charge >= 0.3 is 0 Å². The Hall–Kier alpha value is -0.800. The van der Waals surface area contributed by atoms with Gasteiger partial charge in [-0.1, -0.05) is 11.6 Å². The summed E-state index contributed by atoms with van der Waals surface area (Å²) in [6.07, 6.45) is 1.39. The van der Waals surface area contributed by atoms with E-state index >= 15 is 0 Å². The molecule has 3 rings (SSSR count). The molecule has 1 saturated carbocycles. The van der Waals surface area contributed by atoms with E-state index in [1.54, 1.807) is 0 Å². The molecule has 1 saturated heterocycles. The average Bonchev–Trinajstić information content (AvgIpc) is 2.86. The molecule has 15 heavy (non-hydrogen) atoms. The number of aromatic nitrogens is 1. The van der Waals surface area contributed by atoms with Crippen LogP contribution in [-0.4, -0.2) is 23.2 Å². The number of hydrogen-bond acceptors (Lipinski definition) is 3. The first-order valence-corrected chi connectivity index (χ1v) is 5.67. The molecular formula is C11H13ClN2O. The Labute approximate surface area is 93.7 Å². The van der Waals surface area contributed by atoms with Crippen molar-refractivity contribution in [2.75, 3.05) is 18.0 Å². The fraction of sp³-hybridized carbons (Fsp3) is 0.545. The van der Waals surface area contributed by atoms with Crippen molar-refractivity contribution in [2.24, 2.45) is 11.8 Å². The number of pyridine rings is 1. The summed E-state index contributed by atoms with van der Waals surface area (Å²) in [6, 6.07) is 3.80. The van der Waals surface area contributed by atoms with Gasteiger partial charge in [-0.3, -0.25) is 0 Å². The maximum Gasteiger partial charge on any atom is 0.136 e. The largest absolute Gasteiger partial charge is 0.392 e. The molecule has 0 aromatic carbocycles. The standard InChI is InChI=1S/C11H13ClN2O/c12-11-7(6-15)1-2-10(13-11)14-4-8-3-9(8)5-14/h1-2,8-9,15H,3-6H2. The molecule has 0 spiro atoms. The highest BCUT2D eigenvalue weighted by Gasteiger charge is 2.45. The minimum absolute atomic E-state index is 0.0443. The van der Waals surface area contributed by atoms with Gasteiger partial charge in [-0.15, -0.1) is 0 Å². The lowest BCUT2D eigenvalue weighted by Gasteiger charge is -2.19. The Bertz CT molecular complexity index is 386. The number of anilines is 1. The molecule has 3 nitrogen and oxygen atoms in total. The summed E-state index contributed by atoms with van der Waals surface area (Å²) >= 11 is 5.96. The highest BCUT2D eigenvalue weighted by molar-refractivity contribution is 6.30. The average molecular weight is 225 g/mol. The summed E-state index contributed by atoms with van der Waals surface area (Å²) < 4.78 is 0. The minimum atomic E-state index is -0.0443. The third-order valence-corrected chi connectivity index (χ3v) is 3.71. The van der Waals surface area contributed by atoms with Crippen LogP contribution in [0.15, 0.2) is 12.1 Å². The van der Waals surface area contributed by atoms with Crippen molar-refractivity contribution in [3.63, 3.8) is 0 Å². The van der Waals surface area contributed by atoms with E-state index in [1.165, 1.54) is 6.42 Å². The van der Waals surface area contributed by atoms with Gasteiger partial charge in [-0.25, -0.2) is 4.98 Å². The lowest BCUT2D eigenvalue weighted by molar-refractivity contribution is 0.281. The molecule has 1 aromatic rings. The second kappa shape index (κ2) is 3.35. The van der Waals surface area contributed by atoms with Crippen LogP contribution in [0.1, 0.15) is 12.0 Å². The molecule has 2 fully saturated rings. The molecule has 4 heteroatoms. The second-order valence-corrected chi connectivity index (χ2v) is 4.80. The van der Waals surface area contributed by atoms with Crippen LogP contribution in [0.4, 0.5) is 5.82 Å². The summed E-state index contributed by atoms with van der Waals surface area (Å²) in [7, 11) is 0. The summed E-state index contributed by atoms with van der Waals surface area (Å²) in [5.74, 6) is 2.73. The van der Waals surface area contributed by atoms with Crippen LogP contribution in [0.5, 0.6) is 0 Å². The summed E-state index contributed by atoms with van der Waals surface area (Å²) in [6.45, 7) is 2.19. The van der Waals surface area contributed by atoms with E-state index in [2.05, 4.69) is 9.88 Å². The molecule has 2 heterocycles. The number of rotatable bonds is 2.